The zero-order valence-electron chi connectivity index (χ0n) is 7.22. The molecule has 0 radical (unpaired) electrons. The fourth-order valence-electron chi connectivity index (χ4n) is 0.921. The number of carbonyl (C=O) groups excluding carboxylic acids is 1. The maximum absolute atomic E-state index is 10.8. The highest BCUT2D eigenvalue weighted by atomic mass is 35.5. The van der Waals surface area contributed by atoms with Crippen LogP contribution in [0.4, 0.5) is 0 Å². The van der Waals surface area contributed by atoms with E-state index in [9.17, 15) is 4.79 Å². The molecule has 12 heavy (non-hydrogen) atoms. The zero-order valence-corrected chi connectivity index (χ0v) is 7.97. The molecule has 1 rings (SSSR count). The highest BCUT2D eigenvalue weighted by molar-refractivity contribution is 6.67. The summed E-state index contributed by atoms with van der Waals surface area (Å²) >= 11 is 5.32. The molecule has 0 bridgehead atoms. The average molecular weight is 188 g/mol. The number of halogens is 1. The predicted molar refractivity (Wildman–Crippen MR) is 45.4 cm³/mol. The SMILES string of the molecule is CC(C)(C)c1oncc1C(=O)Cl. The van der Waals surface area contributed by atoms with Gasteiger partial charge in [0.1, 0.15) is 0 Å². The van der Waals surface area contributed by atoms with Crippen molar-refractivity contribution in [1.82, 2.24) is 5.16 Å². The van der Waals surface area contributed by atoms with E-state index in [4.69, 9.17) is 16.1 Å². The fraction of sp³-hybridized carbons (Fsp3) is 0.500. The summed E-state index contributed by atoms with van der Waals surface area (Å²) in [7, 11) is 0. The third kappa shape index (κ3) is 1.67. The van der Waals surface area contributed by atoms with Gasteiger partial charge in [0.05, 0.1) is 11.8 Å². The van der Waals surface area contributed by atoms with Gasteiger partial charge >= 0.3 is 0 Å². The van der Waals surface area contributed by atoms with Gasteiger partial charge in [-0.25, -0.2) is 0 Å². The molecule has 0 saturated heterocycles. The third-order valence-electron chi connectivity index (χ3n) is 1.46. The molecular weight excluding hydrogens is 178 g/mol. The first-order valence-electron chi connectivity index (χ1n) is 3.58. The Morgan fingerprint density at radius 1 is 1.58 bits per heavy atom. The van der Waals surface area contributed by atoms with E-state index in [1.807, 2.05) is 20.8 Å². The van der Waals surface area contributed by atoms with Gasteiger partial charge in [-0.2, -0.15) is 0 Å². The van der Waals surface area contributed by atoms with Crippen LogP contribution >= 0.6 is 11.6 Å². The number of carbonyl (C=O) groups is 1. The van der Waals surface area contributed by atoms with Crippen molar-refractivity contribution in [1.29, 1.82) is 0 Å². The summed E-state index contributed by atoms with van der Waals surface area (Å²) in [6.07, 6.45) is 1.34. The van der Waals surface area contributed by atoms with Crippen LogP contribution in [0.25, 0.3) is 0 Å². The topological polar surface area (TPSA) is 43.1 Å². The molecular formula is C8H10ClNO2. The molecule has 0 N–H and O–H groups in total. The number of rotatable bonds is 1. The number of hydrogen-bond acceptors (Lipinski definition) is 3. The smallest absolute Gasteiger partial charge is 0.257 e. The van der Waals surface area contributed by atoms with Crippen molar-refractivity contribution in [2.24, 2.45) is 0 Å². The number of nitrogens with zero attached hydrogens (tertiary/aromatic N) is 1. The summed E-state index contributed by atoms with van der Waals surface area (Å²) < 4.78 is 4.94. The molecule has 0 atom stereocenters. The van der Waals surface area contributed by atoms with E-state index in [1.54, 1.807) is 0 Å². The van der Waals surface area contributed by atoms with Gasteiger partial charge in [-0.1, -0.05) is 25.9 Å². The normalized spacial score (nSPS) is 11.7. The van der Waals surface area contributed by atoms with Crippen LogP contribution < -0.4 is 0 Å². The van der Waals surface area contributed by atoms with Crippen LogP contribution in [0.2, 0.25) is 0 Å². The Morgan fingerprint density at radius 3 is 2.50 bits per heavy atom. The van der Waals surface area contributed by atoms with Crippen molar-refractivity contribution < 1.29 is 9.32 Å². The number of aromatic nitrogens is 1. The highest BCUT2D eigenvalue weighted by Gasteiger charge is 2.25. The quantitative estimate of drug-likeness (QED) is 0.634. The molecule has 4 heteroatoms. The summed E-state index contributed by atoms with van der Waals surface area (Å²) in [6, 6.07) is 0. The monoisotopic (exact) mass is 187 g/mol. The molecule has 0 aliphatic rings. The largest absolute Gasteiger partial charge is 0.360 e. The summed E-state index contributed by atoms with van der Waals surface area (Å²) in [6.45, 7) is 5.78. The maximum atomic E-state index is 10.8. The second kappa shape index (κ2) is 2.90. The van der Waals surface area contributed by atoms with E-state index in [1.165, 1.54) is 6.20 Å². The van der Waals surface area contributed by atoms with E-state index in [0.717, 1.165) is 0 Å². The summed E-state index contributed by atoms with van der Waals surface area (Å²) in [5.74, 6) is 0.530. The van der Waals surface area contributed by atoms with Crippen LogP contribution in [0.3, 0.4) is 0 Å². The Labute approximate surface area is 75.7 Å². The van der Waals surface area contributed by atoms with Crippen molar-refractivity contribution in [3.8, 4) is 0 Å². The van der Waals surface area contributed by atoms with Crippen LogP contribution in [0.15, 0.2) is 10.7 Å². The Kier molecular flexibility index (Phi) is 2.24. The van der Waals surface area contributed by atoms with Crippen LogP contribution in [0.5, 0.6) is 0 Å². The van der Waals surface area contributed by atoms with Gasteiger partial charge in [-0.05, 0) is 11.6 Å². The molecule has 0 fully saturated rings. The van der Waals surface area contributed by atoms with Gasteiger partial charge in [0.15, 0.2) is 5.76 Å². The molecule has 0 saturated carbocycles. The minimum atomic E-state index is -0.527. The lowest BCUT2D eigenvalue weighted by molar-refractivity contribution is 0.107. The van der Waals surface area contributed by atoms with Crippen molar-refractivity contribution in [2.75, 3.05) is 0 Å². The molecule has 0 unspecified atom stereocenters. The Morgan fingerprint density at radius 2 is 2.17 bits per heavy atom. The van der Waals surface area contributed by atoms with Crippen molar-refractivity contribution in [3.63, 3.8) is 0 Å². The Hall–Kier alpha value is -0.830. The van der Waals surface area contributed by atoms with Gasteiger partial charge in [0.2, 0.25) is 0 Å². The van der Waals surface area contributed by atoms with Gasteiger partial charge in [0, 0.05) is 5.41 Å². The first-order chi connectivity index (χ1) is 5.43. The van der Waals surface area contributed by atoms with E-state index < -0.39 is 5.24 Å². The van der Waals surface area contributed by atoms with Crippen LogP contribution in [0, 0.1) is 0 Å². The van der Waals surface area contributed by atoms with Gasteiger partial charge in [-0.3, -0.25) is 4.79 Å². The predicted octanol–water partition coefficient (Wildman–Crippen LogP) is 2.35. The molecule has 0 aromatic carbocycles. The van der Waals surface area contributed by atoms with E-state index in [0.29, 0.717) is 11.3 Å². The van der Waals surface area contributed by atoms with E-state index in [2.05, 4.69) is 5.16 Å². The van der Waals surface area contributed by atoms with Crippen LogP contribution in [-0.2, 0) is 5.41 Å². The average Bonchev–Trinajstić information content (AvgIpc) is 2.30. The molecule has 1 heterocycles. The fourth-order valence-corrected chi connectivity index (χ4v) is 1.06. The van der Waals surface area contributed by atoms with Crippen LogP contribution in [0.1, 0.15) is 36.9 Å². The van der Waals surface area contributed by atoms with Gasteiger partial charge in [0.25, 0.3) is 5.24 Å². The molecule has 66 valence electrons. The molecule has 1 aromatic heterocycles. The lowest BCUT2D eigenvalue weighted by Crippen LogP contribution is -2.13. The Bertz CT molecular complexity index is 298. The summed E-state index contributed by atoms with van der Waals surface area (Å²) in [5.41, 5.74) is 0.111. The zero-order chi connectivity index (χ0) is 9.35. The van der Waals surface area contributed by atoms with Crippen molar-refractivity contribution in [3.05, 3.63) is 17.5 Å². The lowest BCUT2D eigenvalue weighted by atomic mass is 9.91. The molecule has 0 spiro atoms. The lowest BCUT2D eigenvalue weighted by Gasteiger charge is -2.14. The summed E-state index contributed by atoms with van der Waals surface area (Å²) in [5, 5.41) is 3.00. The first-order valence-corrected chi connectivity index (χ1v) is 3.95. The van der Waals surface area contributed by atoms with Gasteiger partial charge < -0.3 is 4.52 Å². The minimum absolute atomic E-state index is 0.240. The maximum Gasteiger partial charge on any atom is 0.257 e. The molecule has 3 nitrogen and oxygen atoms in total. The van der Waals surface area contributed by atoms with Gasteiger partial charge in [-0.15, -0.1) is 0 Å². The second-order valence-electron chi connectivity index (χ2n) is 3.59. The van der Waals surface area contributed by atoms with Crippen molar-refractivity contribution >= 4 is 16.8 Å². The van der Waals surface area contributed by atoms with E-state index >= 15 is 0 Å². The molecule has 0 aliphatic carbocycles. The van der Waals surface area contributed by atoms with E-state index in [-0.39, 0.29) is 5.41 Å². The molecule has 1 aromatic rings. The van der Waals surface area contributed by atoms with Crippen LogP contribution in [-0.4, -0.2) is 10.4 Å². The third-order valence-corrected chi connectivity index (χ3v) is 1.67. The molecule has 0 aliphatic heterocycles. The second-order valence-corrected chi connectivity index (χ2v) is 3.94. The standard InChI is InChI=1S/C8H10ClNO2/c1-8(2,3)6-5(7(9)11)4-10-12-6/h4H,1-3H3. The van der Waals surface area contributed by atoms with Crippen molar-refractivity contribution in [2.45, 2.75) is 26.2 Å². The Balaban J connectivity index is 3.17. The molecule has 0 amide bonds. The summed E-state index contributed by atoms with van der Waals surface area (Å²) in [4.78, 5) is 10.8. The minimum Gasteiger partial charge on any atom is -0.360 e. The number of hydrogen-bond donors (Lipinski definition) is 0. The first kappa shape index (κ1) is 9.26. The highest BCUT2D eigenvalue weighted by Crippen LogP contribution is 2.26.